The number of aromatic hydroxyl groups is 1. The Morgan fingerprint density at radius 2 is 1.70 bits per heavy atom. The average molecular weight is 314 g/mol. The molecular weight excluding hydrogens is 292 g/mol. The van der Waals surface area contributed by atoms with Crippen molar-refractivity contribution in [2.75, 3.05) is 0 Å². The standard InChI is InChI=1S/C19H22O4/c1-2-3-4-5-18(14-6-10-16(20)11-7-14)23-17-12-8-15(9-13-17)19(21)22/h6-13,18,20H,2-5H2,1H3,(H,21,22). The lowest BCUT2D eigenvalue weighted by atomic mass is 10.0. The minimum atomic E-state index is -0.949. The van der Waals surface area contributed by atoms with E-state index in [1.54, 1.807) is 24.3 Å². The first-order valence-corrected chi connectivity index (χ1v) is 7.89. The van der Waals surface area contributed by atoms with E-state index in [-0.39, 0.29) is 17.4 Å². The van der Waals surface area contributed by atoms with Crippen molar-refractivity contribution in [1.82, 2.24) is 0 Å². The first-order valence-electron chi connectivity index (χ1n) is 7.89. The number of phenolic OH excluding ortho intramolecular Hbond substituents is 1. The van der Waals surface area contributed by atoms with Crippen molar-refractivity contribution in [1.29, 1.82) is 0 Å². The molecule has 0 aromatic heterocycles. The summed E-state index contributed by atoms with van der Waals surface area (Å²) in [5, 5.41) is 18.4. The number of phenols is 1. The molecular formula is C19H22O4. The molecule has 0 fully saturated rings. The van der Waals surface area contributed by atoms with Crippen molar-refractivity contribution in [2.45, 2.75) is 38.7 Å². The van der Waals surface area contributed by atoms with Crippen molar-refractivity contribution in [3.63, 3.8) is 0 Å². The van der Waals surface area contributed by atoms with Crippen molar-refractivity contribution >= 4 is 5.97 Å². The van der Waals surface area contributed by atoms with Gasteiger partial charge in [0.05, 0.1) is 5.56 Å². The molecule has 4 heteroatoms. The number of ether oxygens (including phenoxy) is 1. The molecule has 2 aromatic rings. The Bertz CT molecular complexity index is 617. The maximum Gasteiger partial charge on any atom is 0.335 e. The molecule has 1 unspecified atom stereocenters. The van der Waals surface area contributed by atoms with Gasteiger partial charge in [0.15, 0.2) is 0 Å². The summed E-state index contributed by atoms with van der Waals surface area (Å²) in [4.78, 5) is 10.9. The number of hydrogen-bond acceptors (Lipinski definition) is 3. The summed E-state index contributed by atoms with van der Waals surface area (Å²) in [5.74, 6) is -0.0778. The maximum atomic E-state index is 10.9. The van der Waals surface area contributed by atoms with E-state index in [2.05, 4.69) is 6.92 Å². The Morgan fingerprint density at radius 3 is 2.26 bits per heavy atom. The van der Waals surface area contributed by atoms with Gasteiger partial charge in [0.25, 0.3) is 0 Å². The zero-order valence-electron chi connectivity index (χ0n) is 13.2. The highest BCUT2D eigenvalue weighted by Gasteiger charge is 2.14. The third-order valence-corrected chi connectivity index (χ3v) is 3.71. The SMILES string of the molecule is CCCCCC(Oc1ccc(C(=O)O)cc1)c1ccc(O)cc1. The smallest absolute Gasteiger partial charge is 0.335 e. The Balaban J connectivity index is 2.12. The molecule has 1 atom stereocenters. The molecule has 2 rings (SSSR count). The molecule has 23 heavy (non-hydrogen) atoms. The number of aromatic carboxylic acids is 1. The second kappa shape index (κ2) is 8.22. The number of hydrogen-bond donors (Lipinski definition) is 2. The summed E-state index contributed by atoms with van der Waals surface area (Å²) in [6.45, 7) is 2.15. The van der Waals surface area contributed by atoms with E-state index >= 15 is 0 Å². The minimum absolute atomic E-state index is 0.113. The third-order valence-electron chi connectivity index (χ3n) is 3.71. The number of benzene rings is 2. The van der Waals surface area contributed by atoms with Crippen LogP contribution in [0.3, 0.4) is 0 Å². The van der Waals surface area contributed by atoms with Crippen molar-refractivity contribution in [2.24, 2.45) is 0 Å². The summed E-state index contributed by atoms with van der Waals surface area (Å²) in [5.41, 5.74) is 1.24. The van der Waals surface area contributed by atoms with E-state index in [1.165, 1.54) is 12.1 Å². The van der Waals surface area contributed by atoms with Crippen molar-refractivity contribution in [3.8, 4) is 11.5 Å². The second-order valence-corrected chi connectivity index (χ2v) is 5.52. The van der Waals surface area contributed by atoms with Crippen LogP contribution in [0.15, 0.2) is 48.5 Å². The average Bonchev–Trinajstić information content (AvgIpc) is 2.55. The maximum absolute atomic E-state index is 10.9. The number of unbranched alkanes of at least 4 members (excludes halogenated alkanes) is 2. The van der Waals surface area contributed by atoms with Crippen molar-refractivity contribution in [3.05, 3.63) is 59.7 Å². The van der Waals surface area contributed by atoms with Gasteiger partial charge in [-0.05, 0) is 54.8 Å². The lowest BCUT2D eigenvalue weighted by Crippen LogP contribution is -2.08. The quantitative estimate of drug-likeness (QED) is 0.687. The topological polar surface area (TPSA) is 66.8 Å². The van der Waals surface area contributed by atoms with E-state index in [0.717, 1.165) is 31.2 Å². The molecule has 0 radical (unpaired) electrons. The van der Waals surface area contributed by atoms with Crippen molar-refractivity contribution < 1.29 is 19.7 Å². The van der Waals surface area contributed by atoms with Gasteiger partial charge in [-0.1, -0.05) is 31.9 Å². The number of carboxylic acids is 1. The molecule has 0 saturated heterocycles. The highest BCUT2D eigenvalue weighted by Crippen LogP contribution is 2.28. The highest BCUT2D eigenvalue weighted by atomic mass is 16.5. The van der Waals surface area contributed by atoms with Crippen LogP contribution in [0.4, 0.5) is 0 Å². The molecule has 0 aliphatic rings. The van der Waals surface area contributed by atoms with Crippen LogP contribution in [0.5, 0.6) is 11.5 Å². The third kappa shape index (κ3) is 5.02. The fourth-order valence-corrected chi connectivity index (χ4v) is 2.40. The lowest BCUT2D eigenvalue weighted by Gasteiger charge is -2.20. The molecule has 0 aliphatic heterocycles. The van der Waals surface area contributed by atoms with Gasteiger partial charge in [0, 0.05) is 0 Å². The molecule has 2 N–H and O–H groups in total. The Morgan fingerprint density at radius 1 is 1.04 bits per heavy atom. The number of carbonyl (C=O) groups is 1. The molecule has 0 saturated carbocycles. The molecule has 4 nitrogen and oxygen atoms in total. The normalized spacial score (nSPS) is 11.9. The van der Waals surface area contributed by atoms with Crippen LogP contribution in [0.1, 0.15) is 54.6 Å². The predicted molar refractivity (Wildman–Crippen MR) is 89.0 cm³/mol. The van der Waals surface area contributed by atoms with E-state index in [0.29, 0.717) is 5.75 Å². The monoisotopic (exact) mass is 314 g/mol. The largest absolute Gasteiger partial charge is 0.508 e. The number of carboxylic acid groups (broad SMARTS) is 1. The minimum Gasteiger partial charge on any atom is -0.508 e. The molecule has 0 bridgehead atoms. The summed E-state index contributed by atoms with van der Waals surface area (Å²) in [6.07, 6.45) is 4.08. The van der Waals surface area contributed by atoms with Crippen LogP contribution in [-0.2, 0) is 0 Å². The Hall–Kier alpha value is -2.49. The highest BCUT2D eigenvalue weighted by molar-refractivity contribution is 5.87. The molecule has 0 amide bonds. The van der Waals surface area contributed by atoms with E-state index in [4.69, 9.17) is 9.84 Å². The first-order chi connectivity index (χ1) is 11.1. The molecule has 0 spiro atoms. The fraction of sp³-hybridized carbons (Fsp3) is 0.316. The van der Waals surface area contributed by atoms with Gasteiger partial charge in [0.2, 0.25) is 0 Å². The fourth-order valence-electron chi connectivity index (χ4n) is 2.40. The van der Waals surface area contributed by atoms with Gasteiger partial charge in [-0.3, -0.25) is 0 Å². The number of rotatable bonds is 8. The van der Waals surface area contributed by atoms with Crippen LogP contribution >= 0.6 is 0 Å². The zero-order valence-corrected chi connectivity index (χ0v) is 13.2. The molecule has 2 aromatic carbocycles. The molecule has 0 heterocycles. The molecule has 122 valence electrons. The Labute approximate surface area is 136 Å². The van der Waals surface area contributed by atoms with Gasteiger partial charge in [-0.2, -0.15) is 0 Å². The van der Waals surface area contributed by atoms with E-state index < -0.39 is 5.97 Å². The first kappa shape index (κ1) is 16.9. The van der Waals surface area contributed by atoms with Gasteiger partial charge in [-0.15, -0.1) is 0 Å². The summed E-state index contributed by atoms with van der Waals surface area (Å²) in [7, 11) is 0. The van der Waals surface area contributed by atoms with Crippen LogP contribution in [0.2, 0.25) is 0 Å². The lowest BCUT2D eigenvalue weighted by molar-refractivity contribution is 0.0697. The van der Waals surface area contributed by atoms with Crippen LogP contribution in [0, 0.1) is 0 Å². The van der Waals surface area contributed by atoms with Crippen LogP contribution in [-0.4, -0.2) is 16.2 Å². The second-order valence-electron chi connectivity index (χ2n) is 5.52. The zero-order chi connectivity index (χ0) is 16.7. The summed E-state index contributed by atoms with van der Waals surface area (Å²) >= 11 is 0. The van der Waals surface area contributed by atoms with Gasteiger partial charge < -0.3 is 14.9 Å². The van der Waals surface area contributed by atoms with E-state index in [9.17, 15) is 9.90 Å². The van der Waals surface area contributed by atoms with Gasteiger partial charge >= 0.3 is 5.97 Å². The molecule has 0 aliphatic carbocycles. The Kier molecular flexibility index (Phi) is 6.03. The summed E-state index contributed by atoms with van der Waals surface area (Å²) < 4.78 is 6.05. The van der Waals surface area contributed by atoms with Crippen LogP contribution in [0.25, 0.3) is 0 Å². The van der Waals surface area contributed by atoms with Crippen LogP contribution < -0.4 is 4.74 Å². The van der Waals surface area contributed by atoms with E-state index in [1.807, 2.05) is 12.1 Å². The van der Waals surface area contributed by atoms with Gasteiger partial charge in [0.1, 0.15) is 17.6 Å². The summed E-state index contributed by atoms with van der Waals surface area (Å²) in [6, 6.07) is 13.5. The van der Waals surface area contributed by atoms with Gasteiger partial charge in [-0.25, -0.2) is 4.79 Å². The predicted octanol–water partition coefficient (Wildman–Crippen LogP) is 4.79.